The third-order valence-corrected chi connectivity index (χ3v) is 4.77. The van der Waals surface area contributed by atoms with Crippen LogP contribution in [-0.2, 0) is 0 Å². The molecular weight excluding hydrogens is 311 g/mol. The molecule has 3 atom stereocenters. The Morgan fingerprint density at radius 2 is 1.92 bits per heavy atom. The standard InChI is InChI=1S/C18H27FN2O3/c1-11(2)15(8-21-9-16(22)17(23)10-21)20(4)18(24)13-5-6-14(19)12(3)7-13/h5-7,11,15-17,22-23H,8-10H2,1-4H3/t15-,16-,17-/m1/s1. The van der Waals surface area contributed by atoms with Crippen molar-refractivity contribution in [3.63, 3.8) is 0 Å². The number of likely N-dealkylation sites (tertiary alicyclic amines) is 1. The van der Waals surface area contributed by atoms with E-state index in [1.165, 1.54) is 12.1 Å². The Labute approximate surface area is 142 Å². The highest BCUT2D eigenvalue weighted by Gasteiger charge is 2.33. The van der Waals surface area contributed by atoms with E-state index in [9.17, 15) is 19.4 Å². The maximum absolute atomic E-state index is 13.4. The second kappa shape index (κ2) is 7.59. The van der Waals surface area contributed by atoms with Crippen molar-refractivity contribution in [3.05, 3.63) is 35.1 Å². The molecule has 134 valence electrons. The van der Waals surface area contributed by atoms with Gasteiger partial charge in [-0.1, -0.05) is 13.8 Å². The van der Waals surface area contributed by atoms with E-state index in [-0.39, 0.29) is 23.7 Å². The van der Waals surface area contributed by atoms with E-state index < -0.39 is 12.2 Å². The zero-order chi connectivity index (χ0) is 18.0. The Hall–Kier alpha value is -1.50. The van der Waals surface area contributed by atoms with E-state index in [2.05, 4.69) is 0 Å². The van der Waals surface area contributed by atoms with E-state index in [0.717, 1.165) is 0 Å². The summed E-state index contributed by atoms with van der Waals surface area (Å²) < 4.78 is 13.4. The van der Waals surface area contributed by atoms with Crippen molar-refractivity contribution in [2.75, 3.05) is 26.7 Å². The van der Waals surface area contributed by atoms with E-state index in [1.807, 2.05) is 18.7 Å². The molecular formula is C18H27FN2O3. The predicted molar refractivity (Wildman–Crippen MR) is 90.3 cm³/mol. The minimum Gasteiger partial charge on any atom is -0.389 e. The first-order valence-corrected chi connectivity index (χ1v) is 8.32. The van der Waals surface area contributed by atoms with Crippen LogP contribution in [0.1, 0.15) is 29.8 Å². The molecule has 0 radical (unpaired) electrons. The second-order valence-corrected chi connectivity index (χ2v) is 7.04. The molecule has 1 heterocycles. The fraction of sp³-hybridized carbons (Fsp3) is 0.611. The first-order chi connectivity index (χ1) is 11.2. The summed E-state index contributed by atoms with van der Waals surface area (Å²) in [5, 5.41) is 19.4. The normalized spacial score (nSPS) is 22.8. The Kier molecular flexibility index (Phi) is 5.96. The average Bonchev–Trinajstić information content (AvgIpc) is 2.84. The van der Waals surface area contributed by atoms with Gasteiger partial charge in [-0.05, 0) is 36.6 Å². The van der Waals surface area contributed by atoms with Gasteiger partial charge < -0.3 is 15.1 Å². The maximum atomic E-state index is 13.4. The summed E-state index contributed by atoms with van der Waals surface area (Å²) >= 11 is 0. The second-order valence-electron chi connectivity index (χ2n) is 7.04. The molecule has 5 nitrogen and oxygen atoms in total. The van der Waals surface area contributed by atoms with E-state index in [1.54, 1.807) is 24.9 Å². The molecule has 1 saturated heterocycles. The number of β-amino-alcohol motifs (C(OH)–C–C–N with tert-alkyl or cyclic N) is 2. The van der Waals surface area contributed by atoms with Crippen LogP contribution in [0.5, 0.6) is 0 Å². The molecule has 1 aliphatic rings. The number of benzene rings is 1. The molecule has 1 aromatic rings. The number of nitrogens with zero attached hydrogens (tertiary/aromatic N) is 2. The summed E-state index contributed by atoms with van der Waals surface area (Å²) in [6, 6.07) is 4.31. The molecule has 6 heteroatoms. The van der Waals surface area contributed by atoms with Gasteiger partial charge in [0.05, 0.1) is 12.2 Å². The van der Waals surface area contributed by atoms with Crippen molar-refractivity contribution in [2.45, 2.75) is 39.0 Å². The fourth-order valence-electron chi connectivity index (χ4n) is 3.17. The third kappa shape index (κ3) is 4.12. The molecule has 24 heavy (non-hydrogen) atoms. The van der Waals surface area contributed by atoms with Gasteiger partial charge >= 0.3 is 0 Å². The van der Waals surface area contributed by atoms with Crippen molar-refractivity contribution in [3.8, 4) is 0 Å². The van der Waals surface area contributed by atoms with Crippen molar-refractivity contribution in [1.29, 1.82) is 0 Å². The van der Waals surface area contributed by atoms with Gasteiger partial charge in [0.1, 0.15) is 5.82 Å². The maximum Gasteiger partial charge on any atom is 0.253 e. The Morgan fingerprint density at radius 1 is 1.33 bits per heavy atom. The van der Waals surface area contributed by atoms with E-state index >= 15 is 0 Å². The van der Waals surface area contributed by atoms with Crippen molar-refractivity contribution in [1.82, 2.24) is 9.80 Å². The topological polar surface area (TPSA) is 64.0 Å². The molecule has 2 rings (SSSR count). The van der Waals surface area contributed by atoms with E-state index in [4.69, 9.17) is 0 Å². The Balaban J connectivity index is 2.11. The van der Waals surface area contributed by atoms with Crippen LogP contribution in [0.15, 0.2) is 18.2 Å². The molecule has 1 aromatic carbocycles. The number of carbonyl (C=O) groups is 1. The van der Waals surface area contributed by atoms with Crippen LogP contribution in [0.3, 0.4) is 0 Å². The highest BCUT2D eigenvalue weighted by Crippen LogP contribution is 2.19. The summed E-state index contributed by atoms with van der Waals surface area (Å²) in [7, 11) is 1.74. The number of hydrogen-bond donors (Lipinski definition) is 2. The van der Waals surface area contributed by atoms with Crippen LogP contribution in [0, 0.1) is 18.7 Å². The molecule has 0 aromatic heterocycles. The first kappa shape index (κ1) is 18.8. The quantitative estimate of drug-likeness (QED) is 0.849. The molecule has 1 aliphatic heterocycles. The molecule has 0 saturated carbocycles. The molecule has 0 bridgehead atoms. The number of hydrogen-bond acceptors (Lipinski definition) is 4. The monoisotopic (exact) mass is 338 g/mol. The van der Waals surface area contributed by atoms with E-state index in [0.29, 0.717) is 30.8 Å². The van der Waals surface area contributed by atoms with Crippen LogP contribution >= 0.6 is 0 Å². The van der Waals surface area contributed by atoms with Gasteiger partial charge in [-0.25, -0.2) is 4.39 Å². The SMILES string of the molecule is Cc1cc(C(=O)N(C)[C@H](CN2C[C@@H](O)[C@H](O)C2)C(C)C)ccc1F. The minimum atomic E-state index is -0.737. The summed E-state index contributed by atoms with van der Waals surface area (Å²) in [6.07, 6.45) is -1.47. The van der Waals surface area contributed by atoms with Crippen molar-refractivity contribution in [2.24, 2.45) is 5.92 Å². The van der Waals surface area contributed by atoms with Crippen LogP contribution in [0.2, 0.25) is 0 Å². The number of halogens is 1. The lowest BCUT2D eigenvalue weighted by atomic mass is 10.0. The van der Waals surface area contributed by atoms with Crippen LogP contribution < -0.4 is 0 Å². The molecule has 0 aliphatic carbocycles. The lowest BCUT2D eigenvalue weighted by molar-refractivity contribution is 0.0572. The number of aryl methyl sites for hydroxylation is 1. The van der Waals surface area contributed by atoms with Crippen molar-refractivity contribution < 1.29 is 19.4 Å². The van der Waals surface area contributed by atoms with Gasteiger partial charge in [-0.15, -0.1) is 0 Å². The largest absolute Gasteiger partial charge is 0.389 e. The number of aliphatic hydroxyl groups is 2. The minimum absolute atomic E-state index is 0.0691. The molecule has 0 unspecified atom stereocenters. The summed E-state index contributed by atoms with van der Waals surface area (Å²) in [5.74, 6) is -0.276. The number of carbonyl (C=O) groups excluding carboxylic acids is 1. The zero-order valence-corrected chi connectivity index (χ0v) is 14.7. The van der Waals surface area contributed by atoms with Gasteiger partial charge in [0.25, 0.3) is 5.91 Å². The van der Waals surface area contributed by atoms with Crippen molar-refractivity contribution >= 4 is 5.91 Å². The van der Waals surface area contributed by atoms with Gasteiger partial charge in [-0.3, -0.25) is 9.69 Å². The summed E-state index contributed by atoms with van der Waals surface area (Å²) in [5.41, 5.74) is 0.907. The van der Waals surface area contributed by atoms with Crippen LogP contribution in [0.25, 0.3) is 0 Å². The molecule has 0 spiro atoms. The Bertz CT molecular complexity index is 584. The fourth-order valence-corrected chi connectivity index (χ4v) is 3.17. The van der Waals surface area contributed by atoms with Gasteiger partial charge in [0.15, 0.2) is 0 Å². The number of likely N-dealkylation sites (N-methyl/N-ethyl adjacent to an activating group) is 1. The smallest absolute Gasteiger partial charge is 0.253 e. The van der Waals surface area contributed by atoms with Gasteiger partial charge in [0, 0.05) is 38.3 Å². The number of rotatable bonds is 5. The molecule has 1 amide bonds. The predicted octanol–water partition coefficient (Wildman–Crippen LogP) is 1.27. The highest BCUT2D eigenvalue weighted by molar-refractivity contribution is 5.94. The lowest BCUT2D eigenvalue weighted by Gasteiger charge is -2.34. The third-order valence-electron chi connectivity index (χ3n) is 4.77. The van der Waals surface area contributed by atoms with Gasteiger partial charge in [0.2, 0.25) is 0 Å². The van der Waals surface area contributed by atoms with Gasteiger partial charge in [-0.2, -0.15) is 0 Å². The average molecular weight is 338 g/mol. The highest BCUT2D eigenvalue weighted by atomic mass is 19.1. The lowest BCUT2D eigenvalue weighted by Crippen LogP contribution is -2.47. The molecule has 1 fully saturated rings. The molecule has 2 N–H and O–H groups in total. The summed E-state index contributed by atoms with van der Waals surface area (Å²) in [6.45, 7) is 7.10. The first-order valence-electron chi connectivity index (χ1n) is 8.32. The van der Waals surface area contributed by atoms with Crippen LogP contribution in [0.4, 0.5) is 4.39 Å². The van der Waals surface area contributed by atoms with Crippen LogP contribution in [-0.4, -0.2) is 70.9 Å². The number of aliphatic hydroxyl groups excluding tert-OH is 2. The zero-order valence-electron chi connectivity index (χ0n) is 14.7. The number of amides is 1. The summed E-state index contributed by atoms with van der Waals surface area (Å²) in [4.78, 5) is 16.4. The Morgan fingerprint density at radius 3 is 2.42 bits per heavy atom.